The Morgan fingerprint density at radius 3 is 2.57 bits per heavy atom. The van der Waals surface area contributed by atoms with Crippen LogP contribution in [0.4, 0.5) is 4.39 Å². The first-order chi connectivity index (χ1) is 17.0. The molecule has 0 radical (unpaired) electrons. The van der Waals surface area contributed by atoms with Crippen LogP contribution in [0.3, 0.4) is 0 Å². The number of halogens is 1. The van der Waals surface area contributed by atoms with Gasteiger partial charge in [-0.3, -0.25) is 14.5 Å². The summed E-state index contributed by atoms with van der Waals surface area (Å²) in [5, 5.41) is 4.16. The lowest BCUT2D eigenvalue weighted by molar-refractivity contribution is 0.0710. The van der Waals surface area contributed by atoms with Crippen LogP contribution >= 0.6 is 0 Å². The lowest BCUT2D eigenvalue weighted by atomic mass is 9.95. The molecule has 0 bridgehead atoms. The van der Waals surface area contributed by atoms with Gasteiger partial charge in [-0.25, -0.2) is 9.37 Å². The number of piperidine rings is 1. The lowest BCUT2D eigenvalue weighted by Gasteiger charge is -2.31. The molecule has 1 fully saturated rings. The minimum absolute atomic E-state index is 0.0394. The fraction of sp³-hybridized carbons (Fsp3) is 0.269. The summed E-state index contributed by atoms with van der Waals surface area (Å²) in [7, 11) is 1.85. The number of benzene rings is 1. The Morgan fingerprint density at radius 2 is 1.89 bits per heavy atom. The number of nitrogens with zero attached hydrogens (tertiary/aromatic N) is 6. The van der Waals surface area contributed by atoms with Gasteiger partial charge in [0, 0.05) is 55.8 Å². The van der Waals surface area contributed by atoms with Crippen molar-refractivity contribution in [3.05, 3.63) is 84.0 Å². The van der Waals surface area contributed by atoms with Crippen LogP contribution in [0.5, 0.6) is 11.6 Å². The molecule has 178 valence electrons. The number of ether oxygens (including phenoxy) is 1. The standard InChI is InChI=1S/C26H25FN6O2/c1-17-13-24(35-23-6-4-3-5-21(23)27)31-25(30-17)18-9-11-33(12-10-18)26(34)19-7-8-22(28-14-19)20-15-29-32(2)16-20/h3-8,13-16,18H,9-12H2,1-2H3. The predicted octanol–water partition coefficient (Wildman–Crippen LogP) is 4.53. The van der Waals surface area contributed by atoms with Crippen molar-refractivity contribution in [2.75, 3.05) is 13.1 Å². The number of pyridine rings is 1. The van der Waals surface area contributed by atoms with Crippen LogP contribution < -0.4 is 4.74 Å². The maximum absolute atomic E-state index is 14.0. The zero-order valence-electron chi connectivity index (χ0n) is 19.6. The van der Waals surface area contributed by atoms with Crippen molar-refractivity contribution in [3.63, 3.8) is 0 Å². The van der Waals surface area contributed by atoms with Gasteiger partial charge < -0.3 is 9.64 Å². The Hall–Kier alpha value is -4.14. The van der Waals surface area contributed by atoms with Gasteiger partial charge in [-0.1, -0.05) is 12.1 Å². The summed E-state index contributed by atoms with van der Waals surface area (Å²) in [6.45, 7) is 3.05. The van der Waals surface area contributed by atoms with E-state index in [1.165, 1.54) is 6.07 Å². The van der Waals surface area contributed by atoms with Crippen molar-refractivity contribution in [2.45, 2.75) is 25.7 Å². The topological polar surface area (TPSA) is 86.0 Å². The third kappa shape index (κ3) is 5.03. The molecule has 9 heteroatoms. The van der Waals surface area contributed by atoms with Gasteiger partial charge in [0.1, 0.15) is 5.82 Å². The molecule has 0 unspecified atom stereocenters. The predicted molar refractivity (Wildman–Crippen MR) is 128 cm³/mol. The van der Waals surface area contributed by atoms with Gasteiger partial charge in [-0.15, -0.1) is 0 Å². The molecular formula is C26H25FN6O2. The molecule has 1 aromatic carbocycles. The molecule has 1 aliphatic rings. The van der Waals surface area contributed by atoms with E-state index in [2.05, 4.69) is 20.1 Å². The quantitative estimate of drug-likeness (QED) is 0.424. The second kappa shape index (κ2) is 9.61. The summed E-state index contributed by atoms with van der Waals surface area (Å²) in [4.78, 5) is 28.4. The van der Waals surface area contributed by atoms with Crippen molar-refractivity contribution in [1.82, 2.24) is 29.6 Å². The minimum Gasteiger partial charge on any atom is -0.436 e. The number of carbonyl (C=O) groups excluding carboxylic acids is 1. The van der Waals surface area contributed by atoms with E-state index >= 15 is 0 Å². The Kier molecular flexibility index (Phi) is 6.22. The van der Waals surface area contributed by atoms with Gasteiger partial charge in [0.25, 0.3) is 5.91 Å². The minimum atomic E-state index is -0.444. The number of rotatable bonds is 5. The molecule has 35 heavy (non-hydrogen) atoms. The third-order valence-electron chi connectivity index (χ3n) is 6.06. The zero-order valence-corrected chi connectivity index (χ0v) is 19.6. The van der Waals surface area contributed by atoms with E-state index in [0.29, 0.717) is 30.4 Å². The molecule has 4 aromatic rings. The molecular weight excluding hydrogens is 447 g/mol. The average molecular weight is 473 g/mol. The number of hydrogen-bond donors (Lipinski definition) is 0. The van der Waals surface area contributed by atoms with E-state index in [4.69, 9.17) is 4.74 Å². The molecule has 1 amide bonds. The van der Waals surface area contributed by atoms with Gasteiger partial charge in [-0.2, -0.15) is 10.1 Å². The summed E-state index contributed by atoms with van der Waals surface area (Å²) < 4.78 is 21.4. The van der Waals surface area contributed by atoms with Crippen LogP contribution in [0.2, 0.25) is 0 Å². The number of aryl methyl sites for hydroxylation is 2. The fourth-order valence-corrected chi connectivity index (χ4v) is 4.20. The molecule has 8 nitrogen and oxygen atoms in total. The lowest BCUT2D eigenvalue weighted by Crippen LogP contribution is -2.38. The van der Waals surface area contributed by atoms with Gasteiger partial charge in [-0.05, 0) is 44.0 Å². The number of amides is 1. The molecule has 1 saturated heterocycles. The SMILES string of the molecule is Cc1cc(Oc2ccccc2F)nc(C2CCN(C(=O)c3ccc(-c4cnn(C)c4)nc3)CC2)n1. The van der Waals surface area contributed by atoms with E-state index in [-0.39, 0.29) is 17.6 Å². The second-order valence-electron chi connectivity index (χ2n) is 8.64. The van der Waals surface area contributed by atoms with Crippen molar-refractivity contribution in [1.29, 1.82) is 0 Å². The van der Waals surface area contributed by atoms with E-state index in [0.717, 1.165) is 29.8 Å². The monoisotopic (exact) mass is 472 g/mol. The largest absolute Gasteiger partial charge is 0.436 e. The number of hydrogen-bond acceptors (Lipinski definition) is 6. The molecule has 5 rings (SSSR count). The maximum Gasteiger partial charge on any atom is 0.255 e. The molecule has 0 spiro atoms. The Labute approximate surface area is 202 Å². The zero-order chi connectivity index (χ0) is 24.4. The van der Waals surface area contributed by atoms with Gasteiger partial charge >= 0.3 is 0 Å². The van der Waals surface area contributed by atoms with Crippen LogP contribution in [0.25, 0.3) is 11.3 Å². The normalized spacial score (nSPS) is 14.2. The van der Waals surface area contributed by atoms with Crippen LogP contribution in [-0.2, 0) is 7.05 Å². The smallest absolute Gasteiger partial charge is 0.255 e. The summed E-state index contributed by atoms with van der Waals surface area (Å²) in [5.41, 5.74) is 2.99. The highest BCUT2D eigenvalue weighted by Gasteiger charge is 2.27. The van der Waals surface area contributed by atoms with Crippen molar-refractivity contribution < 1.29 is 13.9 Å². The first-order valence-corrected chi connectivity index (χ1v) is 11.5. The summed E-state index contributed by atoms with van der Waals surface area (Å²) in [5.74, 6) is 0.706. The number of para-hydroxylation sites is 1. The first kappa shape index (κ1) is 22.6. The van der Waals surface area contributed by atoms with E-state index < -0.39 is 5.82 Å². The highest BCUT2D eigenvalue weighted by Crippen LogP contribution is 2.30. The van der Waals surface area contributed by atoms with Crippen LogP contribution in [0.1, 0.15) is 40.6 Å². The van der Waals surface area contributed by atoms with Crippen LogP contribution in [0.15, 0.2) is 61.1 Å². The Morgan fingerprint density at radius 1 is 1.09 bits per heavy atom. The van der Waals surface area contributed by atoms with Crippen LogP contribution in [-0.4, -0.2) is 48.6 Å². The van der Waals surface area contributed by atoms with E-state index in [1.807, 2.05) is 31.1 Å². The molecule has 1 aliphatic heterocycles. The number of likely N-dealkylation sites (tertiary alicyclic amines) is 1. The molecule has 0 N–H and O–H groups in total. The van der Waals surface area contributed by atoms with Gasteiger partial charge in [0.2, 0.25) is 5.88 Å². The summed E-state index contributed by atoms with van der Waals surface area (Å²) in [6, 6.07) is 11.6. The average Bonchev–Trinajstić information content (AvgIpc) is 3.31. The third-order valence-corrected chi connectivity index (χ3v) is 6.06. The molecule has 0 saturated carbocycles. The maximum atomic E-state index is 14.0. The first-order valence-electron chi connectivity index (χ1n) is 11.5. The van der Waals surface area contributed by atoms with E-state index in [1.54, 1.807) is 47.4 Å². The summed E-state index contributed by atoms with van der Waals surface area (Å²) >= 11 is 0. The molecule has 0 atom stereocenters. The molecule has 3 aromatic heterocycles. The Bertz CT molecular complexity index is 1350. The molecule has 4 heterocycles. The summed E-state index contributed by atoms with van der Waals surface area (Å²) in [6.07, 6.45) is 6.71. The van der Waals surface area contributed by atoms with E-state index in [9.17, 15) is 9.18 Å². The van der Waals surface area contributed by atoms with Crippen LogP contribution in [0, 0.1) is 12.7 Å². The molecule has 0 aliphatic carbocycles. The highest BCUT2D eigenvalue weighted by atomic mass is 19.1. The van der Waals surface area contributed by atoms with Gasteiger partial charge in [0.15, 0.2) is 11.6 Å². The fourth-order valence-electron chi connectivity index (χ4n) is 4.20. The van der Waals surface area contributed by atoms with Gasteiger partial charge in [0.05, 0.1) is 17.5 Å². The number of carbonyl (C=O) groups is 1. The Balaban J connectivity index is 1.23. The highest BCUT2D eigenvalue weighted by molar-refractivity contribution is 5.94. The van der Waals surface area contributed by atoms with Crippen molar-refractivity contribution >= 4 is 5.91 Å². The van der Waals surface area contributed by atoms with Crippen molar-refractivity contribution in [2.24, 2.45) is 7.05 Å². The second-order valence-corrected chi connectivity index (χ2v) is 8.64. The number of aromatic nitrogens is 5. The van der Waals surface area contributed by atoms with Crippen molar-refractivity contribution in [3.8, 4) is 22.9 Å².